The Morgan fingerprint density at radius 2 is 0.784 bits per heavy atom. The Balaban J connectivity index is -0.0000000501. The van der Waals surface area contributed by atoms with Crippen molar-refractivity contribution in [2.75, 3.05) is 20.8 Å². The van der Waals surface area contributed by atoms with Gasteiger partial charge in [-0.25, -0.2) is 4.39 Å². The van der Waals surface area contributed by atoms with Crippen LogP contribution in [0.25, 0.3) is 0 Å². The minimum absolute atomic E-state index is 0.00463. The van der Waals surface area contributed by atoms with Crippen LogP contribution in [0.2, 0.25) is 0 Å². The number of rotatable bonds is 12. The Morgan fingerprint density at radius 3 is 0.830 bits per heavy atom. The molecule has 1 rings (SSSR count). The fourth-order valence-corrected chi connectivity index (χ4v) is 2.73. The number of halogens is 8. The van der Waals surface area contributed by atoms with E-state index in [1.54, 1.807) is 62.5 Å². The first-order valence-electron chi connectivity index (χ1n) is 33.0. The average molecular weight is 1320 g/mol. The Hall–Kier alpha value is -2.16. The molecule has 0 heterocycles. The molecule has 0 fully saturated rings. The van der Waals surface area contributed by atoms with Crippen LogP contribution < -0.4 is 0 Å². The third-order valence-electron chi connectivity index (χ3n) is 7.58. The molecule has 0 radical (unpaired) electrons. The van der Waals surface area contributed by atoms with Crippen LogP contribution >= 0.6 is 11.6 Å². The number of carbonyl (C=O) groups is 2. The number of unbranched alkanes of at least 4 members (excludes halogenated alkanes) is 1. The van der Waals surface area contributed by atoms with Crippen molar-refractivity contribution in [3.8, 4) is 0 Å². The van der Waals surface area contributed by atoms with Gasteiger partial charge in [-0.2, -0.15) is 26.3 Å². The number of benzene rings is 1. The predicted octanol–water partition coefficient (Wildman–Crippen LogP) is 26.3. The number of methoxy groups -OCH3 is 2. The molecule has 0 saturated carbocycles. The smallest absolute Gasteiger partial charge is 0.391 e. The van der Waals surface area contributed by atoms with E-state index in [1.165, 1.54) is 71.5 Å². The molecule has 3 N–H and O–H groups in total. The van der Waals surface area contributed by atoms with E-state index in [2.05, 4.69) is 161 Å². The lowest BCUT2D eigenvalue weighted by molar-refractivity contribution is -0.164. The molecule has 0 amide bonds. The van der Waals surface area contributed by atoms with Crippen molar-refractivity contribution in [1.29, 1.82) is 0 Å². The Bertz CT molecular complexity index is 1230. The summed E-state index contributed by atoms with van der Waals surface area (Å²) in [6.07, 6.45) is 0.306. The van der Waals surface area contributed by atoms with Gasteiger partial charge in [0.1, 0.15) is 0 Å². The van der Waals surface area contributed by atoms with E-state index in [4.69, 9.17) is 31.7 Å². The maximum absolute atomic E-state index is 11.3. The van der Waals surface area contributed by atoms with Crippen LogP contribution in [0.4, 0.5) is 30.7 Å². The van der Waals surface area contributed by atoms with Crippen LogP contribution in [-0.4, -0.2) is 84.2 Å². The van der Waals surface area contributed by atoms with Crippen molar-refractivity contribution >= 4 is 23.5 Å². The summed E-state index contributed by atoms with van der Waals surface area (Å²) in [5.41, 5.74) is 1.41. The summed E-state index contributed by atoms with van der Waals surface area (Å²) in [6, 6.07) is 10.5. The Labute approximate surface area is 551 Å². The van der Waals surface area contributed by atoms with Crippen LogP contribution in [0.1, 0.15) is 319 Å². The van der Waals surface area contributed by atoms with Gasteiger partial charge in [-0.1, -0.05) is 276 Å². The molecule has 0 atom stereocenters. The number of alkyl halides is 8. The fourth-order valence-electron chi connectivity index (χ4n) is 2.73. The lowest BCUT2D eigenvalue weighted by Gasteiger charge is -2.07. The summed E-state index contributed by atoms with van der Waals surface area (Å²) >= 11 is 5.27. The molecule has 1 aromatic carbocycles. The molecule has 15 heteroatoms. The molecule has 0 bridgehead atoms. The zero-order valence-electron chi connectivity index (χ0n) is 65.4. The van der Waals surface area contributed by atoms with Crippen LogP contribution in [0.5, 0.6) is 0 Å². The topological polar surface area (TPSA) is 113 Å². The molecule has 548 valence electrons. The highest BCUT2D eigenvalue weighted by molar-refractivity contribution is 6.20. The molecule has 0 spiro atoms. The number of carboxylic acid groups (broad SMARTS) is 1. The van der Waals surface area contributed by atoms with Gasteiger partial charge >= 0.3 is 24.3 Å². The van der Waals surface area contributed by atoms with Gasteiger partial charge in [0, 0.05) is 37.5 Å². The van der Waals surface area contributed by atoms with Crippen molar-refractivity contribution < 1.29 is 65.1 Å². The number of carbonyl (C=O) groups excluding carboxylic acids is 1. The highest BCUT2D eigenvalue weighted by Gasteiger charge is 2.31. The first-order chi connectivity index (χ1) is 39.4. The number of aliphatic hydroxyl groups excluding tert-OH is 2. The van der Waals surface area contributed by atoms with Gasteiger partial charge in [-0.3, -0.25) is 9.59 Å². The standard InChI is InChI=1S/C9H12.C7H16.C6H14.C5H9F3.C5H10O2.C5H12.C4H7F3.C4H8O2.2C4H10O.2C4H10.C3H7Cl.C3H7F.C3H8O.C3H8/c1-8(2)9-6-4-3-5-7-9;1-4-5-6-7(2)3;1-4-5-6(2)3;1-4(2)3-5(6,7)8;1-4(2)5(6)7-3;1-4-5(2)3;1-3(2)4(5,6)7;1-3(2)4(5)6;1-4(2)5-3;1-4(2)3-5;2*1-4(2)3;3*1-3(2)4;1-3-2/h3-8H,1-2H3;7H,4-6H2,1-3H3;6H,4-5H2,1-3H3;4H,3H2,1-2H3;4H,1-3H3;5H,4H2,1-3H3;3H,1-2H3;3H,1-2H3,(H,5,6);4H,1-3H3;4-5H,3H2,1-2H3;2*4H,1-3H3;2*3H,1-2H3;3-4H,1-2H3;3H2,1-2H3. The Morgan fingerprint density at radius 1 is 0.534 bits per heavy atom. The summed E-state index contributed by atoms with van der Waals surface area (Å²) < 4.78 is 87.6. The van der Waals surface area contributed by atoms with Gasteiger partial charge in [0.2, 0.25) is 0 Å². The molecular weight excluding hydrogens is 1160 g/mol. The third kappa shape index (κ3) is 299. The average Bonchev–Trinajstić information content (AvgIpc) is 3.33. The number of hydrogen-bond acceptors (Lipinski definition) is 6. The highest BCUT2D eigenvalue weighted by Crippen LogP contribution is 2.24. The van der Waals surface area contributed by atoms with Gasteiger partial charge in [-0.05, 0) is 108 Å². The monoisotopic (exact) mass is 1320 g/mol. The summed E-state index contributed by atoms with van der Waals surface area (Å²) in [5, 5.41) is 24.5. The quantitative estimate of drug-likeness (QED) is 0.109. The number of ether oxygens (including phenoxy) is 2. The van der Waals surface area contributed by atoms with Gasteiger partial charge in [0.15, 0.2) is 0 Å². The molecule has 0 saturated heterocycles. The summed E-state index contributed by atoms with van der Waals surface area (Å²) in [5.74, 6) is 2.85. The van der Waals surface area contributed by atoms with Crippen LogP contribution in [0.15, 0.2) is 30.3 Å². The third-order valence-corrected chi connectivity index (χ3v) is 7.58. The zero-order valence-corrected chi connectivity index (χ0v) is 66.2. The van der Waals surface area contributed by atoms with Gasteiger partial charge < -0.3 is 24.8 Å². The number of esters is 1. The van der Waals surface area contributed by atoms with E-state index < -0.39 is 36.8 Å². The SMILES string of the molecule is CC(C)C.CC(C)C.CC(C)C(=O)O.CC(C)C(F)(F)F.CC(C)CC(F)(F)F.CC(C)CO.CC(C)Cl.CC(C)F.CC(C)O.CC(C)c1ccccc1.CCC.CCC(C)C.CCCC(C)C.CCCCC(C)C.COC(=O)C(C)C.COC(C)C. The minimum atomic E-state index is -4.00. The second-order valence-corrected chi connectivity index (χ2v) is 27.2. The molecule has 0 aliphatic heterocycles. The normalized spacial score (nSPS) is 9.95. The van der Waals surface area contributed by atoms with E-state index in [0.29, 0.717) is 29.9 Å². The van der Waals surface area contributed by atoms with Crippen molar-refractivity contribution in [2.45, 2.75) is 350 Å². The molecule has 7 nitrogen and oxygen atoms in total. The number of carboxylic acids is 1. The molecule has 0 aliphatic rings. The first kappa shape index (κ1) is 123. The molecule has 88 heavy (non-hydrogen) atoms. The molecule has 1 aromatic rings. The zero-order chi connectivity index (χ0) is 74.7. The molecule has 0 aliphatic carbocycles. The van der Waals surface area contributed by atoms with Crippen molar-refractivity contribution in [1.82, 2.24) is 0 Å². The molecule has 0 aromatic heterocycles. The predicted molar refractivity (Wildman–Crippen MR) is 381 cm³/mol. The lowest BCUT2D eigenvalue weighted by Crippen LogP contribution is -2.15. The van der Waals surface area contributed by atoms with Crippen LogP contribution in [0.3, 0.4) is 0 Å². The van der Waals surface area contributed by atoms with Crippen molar-refractivity contribution in [2.24, 2.45) is 59.2 Å². The second kappa shape index (κ2) is 93.6. The van der Waals surface area contributed by atoms with Crippen molar-refractivity contribution in [3.63, 3.8) is 0 Å². The fraction of sp³-hybridized carbons (Fsp3) is 0.890. The number of hydrogen-bond donors (Lipinski definition) is 3. The number of aliphatic carboxylic acids is 1. The van der Waals surface area contributed by atoms with Gasteiger partial charge in [0.05, 0.1) is 31.2 Å². The van der Waals surface area contributed by atoms with Crippen molar-refractivity contribution in [3.05, 3.63) is 35.9 Å². The maximum atomic E-state index is 11.3. The van der Waals surface area contributed by atoms with E-state index in [9.17, 15) is 40.3 Å². The van der Waals surface area contributed by atoms with E-state index in [-0.39, 0.29) is 29.8 Å². The van der Waals surface area contributed by atoms with E-state index in [1.807, 2.05) is 47.6 Å². The number of aliphatic hydroxyl groups is 2. The summed E-state index contributed by atoms with van der Waals surface area (Å²) in [7, 11) is 3.09. The minimum Gasteiger partial charge on any atom is -0.481 e. The molecular formula is C73H158ClF7O7. The van der Waals surface area contributed by atoms with E-state index >= 15 is 0 Å². The second-order valence-electron chi connectivity index (χ2n) is 26.3. The van der Waals surface area contributed by atoms with Gasteiger partial charge in [0.25, 0.3) is 0 Å². The Kier molecular flexibility index (Phi) is 131. The van der Waals surface area contributed by atoms with E-state index in [0.717, 1.165) is 43.4 Å². The van der Waals surface area contributed by atoms with Crippen LogP contribution in [0, 0.1) is 59.2 Å². The molecule has 0 unspecified atom stereocenters. The highest BCUT2D eigenvalue weighted by atomic mass is 35.5. The lowest BCUT2D eigenvalue weighted by atomic mass is 10.0. The maximum Gasteiger partial charge on any atom is 0.391 e. The largest absolute Gasteiger partial charge is 0.481 e. The first-order valence-corrected chi connectivity index (χ1v) is 33.4. The summed E-state index contributed by atoms with van der Waals surface area (Å²) in [4.78, 5) is 20.0. The van der Waals surface area contributed by atoms with Gasteiger partial charge in [-0.15, -0.1) is 11.6 Å². The van der Waals surface area contributed by atoms with Crippen LogP contribution in [-0.2, 0) is 19.1 Å². The summed E-state index contributed by atoms with van der Waals surface area (Å²) in [6.45, 7) is 72.6.